The van der Waals surface area contributed by atoms with E-state index in [2.05, 4.69) is 45.0 Å². The maximum Gasteiger partial charge on any atom is 0.0335 e. The van der Waals surface area contributed by atoms with Crippen LogP contribution in [0, 0.1) is 17.3 Å². The highest BCUT2D eigenvalue weighted by atomic mass is 14.7. The summed E-state index contributed by atoms with van der Waals surface area (Å²) < 4.78 is 0. The molecule has 1 aromatic rings. The largest absolute Gasteiger partial charge is 0.324 e. The molecule has 2 aliphatic rings. The number of nitrogens with two attached hydrogens (primary N) is 1. The lowest BCUT2D eigenvalue weighted by atomic mass is 9.62. The molecule has 1 heteroatoms. The van der Waals surface area contributed by atoms with Crippen molar-refractivity contribution in [3.05, 3.63) is 35.4 Å². The Kier molecular flexibility index (Phi) is 2.78. The third kappa shape index (κ3) is 1.72. The molecule has 0 aromatic heterocycles. The van der Waals surface area contributed by atoms with Crippen LogP contribution in [0.1, 0.15) is 63.1 Å². The average molecular weight is 243 g/mol. The van der Waals surface area contributed by atoms with Gasteiger partial charge in [-0.1, -0.05) is 51.5 Å². The van der Waals surface area contributed by atoms with Crippen molar-refractivity contribution in [2.24, 2.45) is 23.0 Å². The molecule has 0 heterocycles. The van der Waals surface area contributed by atoms with E-state index in [1.165, 1.54) is 24.8 Å². The van der Waals surface area contributed by atoms with Gasteiger partial charge in [0, 0.05) is 6.04 Å². The van der Waals surface area contributed by atoms with Gasteiger partial charge in [-0.05, 0) is 47.1 Å². The van der Waals surface area contributed by atoms with E-state index < -0.39 is 0 Å². The number of hydrogen-bond donors (Lipinski definition) is 1. The summed E-state index contributed by atoms with van der Waals surface area (Å²) in [6, 6.07) is 9.13. The Morgan fingerprint density at radius 2 is 1.72 bits per heavy atom. The number of benzene rings is 1. The average Bonchev–Trinajstić information content (AvgIpc) is 2.63. The molecule has 98 valence electrons. The van der Waals surface area contributed by atoms with E-state index in [-0.39, 0.29) is 6.04 Å². The van der Waals surface area contributed by atoms with Crippen LogP contribution >= 0.6 is 0 Å². The van der Waals surface area contributed by atoms with Crippen LogP contribution in [0.5, 0.6) is 0 Å². The minimum Gasteiger partial charge on any atom is -0.324 e. The lowest BCUT2D eigenvalue weighted by molar-refractivity contribution is 0.0828. The molecule has 0 amide bonds. The summed E-state index contributed by atoms with van der Waals surface area (Å²) >= 11 is 0. The topological polar surface area (TPSA) is 26.0 Å². The number of fused-ring (bicyclic) bond motifs is 3. The van der Waals surface area contributed by atoms with E-state index >= 15 is 0 Å². The van der Waals surface area contributed by atoms with Crippen molar-refractivity contribution in [2.45, 2.75) is 52.0 Å². The summed E-state index contributed by atoms with van der Waals surface area (Å²) in [5, 5.41) is 0. The monoisotopic (exact) mass is 243 g/mol. The zero-order valence-corrected chi connectivity index (χ0v) is 11.8. The third-order valence-corrected chi connectivity index (χ3v) is 5.24. The Bertz CT molecular complexity index is 443. The van der Waals surface area contributed by atoms with Crippen molar-refractivity contribution in [1.82, 2.24) is 0 Å². The molecule has 4 atom stereocenters. The molecule has 0 saturated heterocycles. The Morgan fingerprint density at radius 1 is 1.06 bits per heavy atom. The van der Waals surface area contributed by atoms with Gasteiger partial charge in [-0.3, -0.25) is 0 Å². The Morgan fingerprint density at radius 3 is 2.39 bits per heavy atom. The van der Waals surface area contributed by atoms with Crippen LogP contribution in [-0.2, 0) is 0 Å². The molecule has 4 unspecified atom stereocenters. The van der Waals surface area contributed by atoms with Gasteiger partial charge in [-0.15, -0.1) is 0 Å². The third-order valence-electron chi connectivity index (χ3n) is 5.24. The SMILES string of the molecule is CC(C)(C)C1CCCC2c3ccccc3C(N)C21. The molecular formula is C17H25N. The maximum atomic E-state index is 6.59. The summed E-state index contributed by atoms with van der Waals surface area (Å²) in [5.41, 5.74) is 9.93. The van der Waals surface area contributed by atoms with Gasteiger partial charge in [0.05, 0.1) is 0 Å². The molecule has 0 bridgehead atoms. The predicted octanol–water partition coefficient (Wildman–Crippen LogP) is 4.25. The second-order valence-electron chi connectivity index (χ2n) is 7.24. The van der Waals surface area contributed by atoms with Crippen LogP contribution in [0.3, 0.4) is 0 Å². The van der Waals surface area contributed by atoms with Crippen LogP contribution in [0.2, 0.25) is 0 Å². The Hall–Kier alpha value is -0.820. The normalized spacial score (nSPS) is 35.1. The van der Waals surface area contributed by atoms with Gasteiger partial charge in [-0.2, -0.15) is 0 Å². The first kappa shape index (κ1) is 12.2. The zero-order valence-electron chi connectivity index (χ0n) is 11.8. The molecule has 1 saturated carbocycles. The summed E-state index contributed by atoms with van der Waals surface area (Å²) in [6.07, 6.45) is 4.05. The fraction of sp³-hybridized carbons (Fsp3) is 0.647. The molecule has 18 heavy (non-hydrogen) atoms. The van der Waals surface area contributed by atoms with Crippen molar-refractivity contribution in [3.8, 4) is 0 Å². The van der Waals surface area contributed by atoms with Gasteiger partial charge >= 0.3 is 0 Å². The predicted molar refractivity (Wildman–Crippen MR) is 76.4 cm³/mol. The van der Waals surface area contributed by atoms with E-state index in [9.17, 15) is 0 Å². The highest BCUT2D eigenvalue weighted by molar-refractivity contribution is 5.40. The summed E-state index contributed by atoms with van der Waals surface area (Å²) in [4.78, 5) is 0. The lowest BCUT2D eigenvalue weighted by Gasteiger charge is -2.43. The fourth-order valence-electron chi connectivity index (χ4n) is 4.46. The van der Waals surface area contributed by atoms with Crippen LogP contribution in [0.4, 0.5) is 0 Å². The fourth-order valence-corrected chi connectivity index (χ4v) is 4.46. The molecule has 1 fully saturated rings. The highest BCUT2D eigenvalue weighted by Gasteiger charge is 2.47. The van der Waals surface area contributed by atoms with E-state index in [4.69, 9.17) is 5.73 Å². The smallest absolute Gasteiger partial charge is 0.0335 e. The summed E-state index contributed by atoms with van der Waals surface area (Å²) in [7, 11) is 0. The minimum atomic E-state index is 0.260. The van der Waals surface area contributed by atoms with Crippen molar-refractivity contribution >= 4 is 0 Å². The van der Waals surface area contributed by atoms with Gasteiger partial charge in [0.25, 0.3) is 0 Å². The van der Waals surface area contributed by atoms with E-state index in [0.29, 0.717) is 17.3 Å². The standard InChI is InChI=1S/C17H25N/c1-17(2,3)14-10-6-9-12-11-7-4-5-8-13(11)16(18)15(12)14/h4-5,7-8,12,14-16H,6,9-10,18H2,1-3H3. The zero-order chi connectivity index (χ0) is 12.9. The van der Waals surface area contributed by atoms with Gasteiger partial charge in [0.2, 0.25) is 0 Å². The van der Waals surface area contributed by atoms with Gasteiger partial charge < -0.3 is 5.73 Å². The van der Waals surface area contributed by atoms with Crippen molar-refractivity contribution in [2.75, 3.05) is 0 Å². The number of rotatable bonds is 0. The number of hydrogen-bond acceptors (Lipinski definition) is 1. The van der Waals surface area contributed by atoms with Crippen LogP contribution in [-0.4, -0.2) is 0 Å². The molecular weight excluding hydrogens is 218 g/mol. The first-order valence-corrected chi connectivity index (χ1v) is 7.34. The molecule has 0 aliphatic heterocycles. The second-order valence-corrected chi connectivity index (χ2v) is 7.24. The van der Waals surface area contributed by atoms with Crippen molar-refractivity contribution in [3.63, 3.8) is 0 Å². The van der Waals surface area contributed by atoms with Crippen molar-refractivity contribution in [1.29, 1.82) is 0 Å². The molecule has 2 aliphatic carbocycles. The van der Waals surface area contributed by atoms with Crippen LogP contribution in [0.15, 0.2) is 24.3 Å². The Balaban J connectivity index is 2.02. The van der Waals surface area contributed by atoms with Crippen LogP contribution < -0.4 is 5.73 Å². The van der Waals surface area contributed by atoms with E-state index in [1.54, 1.807) is 5.56 Å². The van der Waals surface area contributed by atoms with Gasteiger partial charge in [0.1, 0.15) is 0 Å². The molecule has 0 spiro atoms. The molecule has 1 nitrogen and oxygen atoms in total. The second kappa shape index (κ2) is 4.09. The Labute approximate surface area is 111 Å². The maximum absolute atomic E-state index is 6.59. The molecule has 2 N–H and O–H groups in total. The van der Waals surface area contributed by atoms with E-state index in [1.807, 2.05) is 0 Å². The summed E-state index contributed by atoms with van der Waals surface area (Å²) in [6.45, 7) is 7.15. The summed E-state index contributed by atoms with van der Waals surface area (Å²) in [5.74, 6) is 2.14. The first-order chi connectivity index (χ1) is 8.50. The van der Waals surface area contributed by atoms with Gasteiger partial charge in [-0.25, -0.2) is 0 Å². The van der Waals surface area contributed by atoms with Gasteiger partial charge in [0.15, 0.2) is 0 Å². The first-order valence-electron chi connectivity index (χ1n) is 7.34. The molecule has 3 rings (SSSR count). The van der Waals surface area contributed by atoms with E-state index in [0.717, 1.165) is 5.92 Å². The lowest BCUT2D eigenvalue weighted by Crippen LogP contribution is -2.37. The quantitative estimate of drug-likeness (QED) is 0.724. The molecule has 0 radical (unpaired) electrons. The van der Waals surface area contributed by atoms with Crippen LogP contribution in [0.25, 0.3) is 0 Å². The van der Waals surface area contributed by atoms with Crippen molar-refractivity contribution < 1.29 is 0 Å². The molecule has 1 aromatic carbocycles. The highest BCUT2D eigenvalue weighted by Crippen LogP contribution is 2.57. The minimum absolute atomic E-state index is 0.260.